The fourth-order valence-corrected chi connectivity index (χ4v) is 3.42. The van der Waals surface area contributed by atoms with Crippen LogP contribution >= 0.6 is 23.2 Å². The summed E-state index contributed by atoms with van der Waals surface area (Å²) in [6, 6.07) is 11.5. The molecule has 0 aliphatic carbocycles. The van der Waals surface area contributed by atoms with Crippen LogP contribution in [-0.4, -0.2) is 42.5 Å². The Kier molecular flexibility index (Phi) is 9.46. The van der Waals surface area contributed by atoms with Gasteiger partial charge in [0.25, 0.3) is 5.91 Å². The highest BCUT2D eigenvalue weighted by atomic mass is 35.5. The molecule has 0 spiro atoms. The molecule has 31 heavy (non-hydrogen) atoms. The Morgan fingerprint density at radius 1 is 1.06 bits per heavy atom. The van der Waals surface area contributed by atoms with E-state index in [1.165, 1.54) is 12.0 Å². The van der Waals surface area contributed by atoms with E-state index in [0.29, 0.717) is 28.0 Å². The molecule has 1 atom stereocenters. The van der Waals surface area contributed by atoms with E-state index in [2.05, 4.69) is 5.32 Å². The van der Waals surface area contributed by atoms with E-state index in [0.717, 1.165) is 5.56 Å². The van der Waals surface area contributed by atoms with Crippen LogP contribution < -0.4 is 14.8 Å². The average Bonchev–Trinajstić information content (AvgIpc) is 2.74. The molecule has 0 saturated carbocycles. The molecule has 6 nitrogen and oxygen atoms in total. The van der Waals surface area contributed by atoms with Crippen molar-refractivity contribution in [3.63, 3.8) is 0 Å². The number of para-hydroxylation sites is 2. The van der Waals surface area contributed by atoms with Gasteiger partial charge in [0.15, 0.2) is 18.1 Å². The summed E-state index contributed by atoms with van der Waals surface area (Å²) in [7, 11) is 1.53. The highest BCUT2D eigenvalue weighted by molar-refractivity contribution is 6.42. The van der Waals surface area contributed by atoms with Crippen molar-refractivity contribution in [3.8, 4) is 11.5 Å². The van der Waals surface area contributed by atoms with E-state index in [1.807, 2.05) is 26.8 Å². The number of carbonyl (C=O) groups is 2. The molecule has 8 heteroatoms. The third-order valence-corrected chi connectivity index (χ3v) is 5.31. The average molecular weight is 467 g/mol. The lowest BCUT2D eigenvalue weighted by atomic mass is 10.1. The first-order valence-corrected chi connectivity index (χ1v) is 10.8. The van der Waals surface area contributed by atoms with Gasteiger partial charge in [0, 0.05) is 12.6 Å². The maximum atomic E-state index is 13.2. The van der Waals surface area contributed by atoms with E-state index in [9.17, 15) is 9.59 Å². The van der Waals surface area contributed by atoms with Gasteiger partial charge in [-0.15, -0.1) is 0 Å². The number of rotatable bonds is 10. The predicted octanol–water partition coefficient (Wildman–Crippen LogP) is 4.71. The van der Waals surface area contributed by atoms with Gasteiger partial charge >= 0.3 is 0 Å². The second-order valence-electron chi connectivity index (χ2n) is 7.30. The number of carbonyl (C=O) groups excluding carboxylic acids is 2. The molecule has 0 aromatic heterocycles. The Hall–Kier alpha value is -2.44. The van der Waals surface area contributed by atoms with Gasteiger partial charge in [-0.2, -0.15) is 0 Å². The summed E-state index contributed by atoms with van der Waals surface area (Å²) in [5.41, 5.74) is 0.760. The molecule has 0 unspecified atom stereocenters. The van der Waals surface area contributed by atoms with Crippen LogP contribution in [0.3, 0.4) is 0 Å². The molecule has 0 radical (unpaired) electrons. The lowest BCUT2D eigenvalue weighted by molar-refractivity contribution is -0.143. The summed E-state index contributed by atoms with van der Waals surface area (Å²) in [6.45, 7) is 5.56. The van der Waals surface area contributed by atoms with Crippen LogP contribution in [0.15, 0.2) is 42.5 Å². The molecule has 0 aliphatic heterocycles. The standard InChI is InChI=1S/C23H28Cl2N2O4/c1-5-19(23(29)26-15(2)3)27(13-16-10-11-17(24)18(25)12-16)22(28)14-31-21-9-7-6-8-20(21)30-4/h6-12,15,19H,5,13-14H2,1-4H3,(H,26,29)/t19-/m0/s1. The number of ether oxygens (including phenoxy) is 2. The summed E-state index contributed by atoms with van der Waals surface area (Å²) >= 11 is 12.2. The third-order valence-electron chi connectivity index (χ3n) is 4.57. The molecule has 0 saturated heterocycles. The van der Waals surface area contributed by atoms with E-state index in [1.54, 1.807) is 36.4 Å². The van der Waals surface area contributed by atoms with E-state index < -0.39 is 6.04 Å². The summed E-state index contributed by atoms with van der Waals surface area (Å²) in [5.74, 6) is 0.425. The highest BCUT2D eigenvalue weighted by Gasteiger charge is 2.29. The zero-order valence-corrected chi connectivity index (χ0v) is 19.7. The Labute approximate surface area is 193 Å². The van der Waals surface area contributed by atoms with Gasteiger partial charge in [0.2, 0.25) is 5.91 Å². The van der Waals surface area contributed by atoms with Crippen molar-refractivity contribution >= 4 is 35.0 Å². The largest absolute Gasteiger partial charge is 0.493 e. The van der Waals surface area contributed by atoms with Crippen LogP contribution in [0.4, 0.5) is 0 Å². The normalized spacial score (nSPS) is 11.7. The van der Waals surface area contributed by atoms with Crippen LogP contribution in [0.25, 0.3) is 0 Å². The lowest BCUT2D eigenvalue weighted by Gasteiger charge is -2.31. The summed E-state index contributed by atoms with van der Waals surface area (Å²) in [6.07, 6.45) is 0.445. The van der Waals surface area contributed by atoms with Crippen molar-refractivity contribution in [1.29, 1.82) is 0 Å². The van der Waals surface area contributed by atoms with Crippen LogP contribution in [0, 0.1) is 0 Å². The quantitative estimate of drug-likeness (QED) is 0.550. The van der Waals surface area contributed by atoms with Crippen molar-refractivity contribution in [1.82, 2.24) is 10.2 Å². The van der Waals surface area contributed by atoms with Gasteiger partial charge in [-0.05, 0) is 50.1 Å². The van der Waals surface area contributed by atoms with Gasteiger partial charge in [0.05, 0.1) is 17.2 Å². The minimum absolute atomic E-state index is 0.0479. The lowest BCUT2D eigenvalue weighted by Crippen LogP contribution is -2.51. The molecule has 0 fully saturated rings. The van der Waals surface area contributed by atoms with Crippen LogP contribution in [-0.2, 0) is 16.1 Å². The molecule has 2 aromatic carbocycles. The first-order valence-electron chi connectivity index (χ1n) is 10.1. The Morgan fingerprint density at radius 3 is 2.32 bits per heavy atom. The Balaban J connectivity index is 2.26. The molecule has 0 heterocycles. The SMILES string of the molecule is CC[C@@H](C(=O)NC(C)C)N(Cc1ccc(Cl)c(Cl)c1)C(=O)COc1ccccc1OC. The zero-order chi connectivity index (χ0) is 23.0. The second-order valence-corrected chi connectivity index (χ2v) is 8.11. The van der Waals surface area contributed by atoms with Gasteiger partial charge in [-0.1, -0.05) is 48.3 Å². The van der Waals surface area contributed by atoms with Gasteiger partial charge in [-0.3, -0.25) is 9.59 Å². The Bertz CT molecular complexity index is 905. The van der Waals surface area contributed by atoms with Crippen molar-refractivity contribution in [2.75, 3.05) is 13.7 Å². The van der Waals surface area contributed by atoms with Crippen LogP contribution in [0.5, 0.6) is 11.5 Å². The molecule has 1 N–H and O–H groups in total. The highest BCUT2D eigenvalue weighted by Crippen LogP contribution is 2.27. The molecule has 0 aliphatic rings. The fourth-order valence-electron chi connectivity index (χ4n) is 3.10. The smallest absolute Gasteiger partial charge is 0.261 e. The van der Waals surface area contributed by atoms with Crippen molar-refractivity contribution < 1.29 is 19.1 Å². The van der Waals surface area contributed by atoms with Gasteiger partial charge < -0.3 is 19.7 Å². The number of halogens is 2. The zero-order valence-electron chi connectivity index (χ0n) is 18.2. The monoisotopic (exact) mass is 466 g/mol. The molecule has 2 rings (SSSR count). The first-order chi connectivity index (χ1) is 14.8. The molecular weight excluding hydrogens is 439 g/mol. The molecular formula is C23H28Cl2N2O4. The van der Waals surface area contributed by atoms with Crippen molar-refractivity contribution in [3.05, 3.63) is 58.1 Å². The fraction of sp³-hybridized carbons (Fsp3) is 0.391. The number of nitrogens with zero attached hydrogens (tertiary/aromatic N) is 1. The third kappa shape index (κ3) is 7.04. The molecule has 0 bridgehead atoms. The number of amides is 2. The van der Waals surface area contributed by atoms with Crippen LogP contribution in [0.1, 0.15) is 32.8 Å². The number of methoxy groups -OCH3 is 1. The van der Waals surface area contributed by atoms with Crippen molar-refractivity contribution in [2.24, 2.45) is 0 Å². The van der Waals surface area contributed by atoms with E-state index >= 15 is 0 Å². The first kappa shape index (κ1) is 24.8. The Morgan fingerprint density at radius 2 is 1.74 bits per heavy atom. The topological polar surface area (TPSA) is 67.9 Å². The predicted molar refractivity (Wildman–Crippen MR) is 123 cm³/mol. The minimum Gasteiger partial charge on any atom is -0.493 e. The molecule has 2 amide bonds. The van der Waals surface area contributed by atoms with E-state index in [-0.39, 0.29) is 31.0 Å². The van der Waals surface area contributed by atoms with E-state index in [4.69, 9.17) is 32.7 Å². The minimum atomic E-state index is -0.661. The maximum absolute atomic E-state index is 13.2. The van der Waals surface area contributed by atoms with Gasteiger partial charge in [-0.25, -0.2) is 0 Å². The number of hydrogen-bond acceptors (Lipinski definition) is 4. The molecule has 168 valence electrons. The number of nitrogens with one attached hydrogen (secondary N) is 1. The second kappa shape index (κ2) is 11.8. The summed E-state index contributed by atoms with van der Waals surface area (Å²) in [5, 5.41) is 3.70. The number of benzene rings is 2. The maximum Gasteiger partial charge on any atom is 0.261 e. The van der Waals surface area contributed by atoms with Crippen molar-refractivity contribution in [2.45, 2.75) is 45.8 Å². The summed E-state index contributed by atoms with van der Waals surface area (Å²) in [4.78, 5) is 27.5. The number of hydrogen-bond donors (Lipinski definition) is 1. The summed E-state index contributed by atoms with van der Waals surface area (Å²) < 4.78 is 11.0. The van der Waals surface area contributed by atoms with Crippen LogP contribution in [0.2, 0.25) is 10.0 Å². The van der Waals surface area contributed by atoms with Gasteiger partial charge in [0.1, 0.15) is 6.04 Å². The molecule has 2 aromatic rings.